The average Bonchev–Trinajstić information content (AvgIpc) is 3.45. The van der Waals surface area contributed by atoms with Crippen molar-refractivity contribution >= 4 is 15.9 Å². The van der Waals surface area contributed by atoms with Gasteiger partial charge in [-0.25, -0.2) is 8.42 Å². The Morgan fingerprint density at radius 1 is 1.09 bits per heavy atom. The molecule has 1 saturated carbocycles. The number of hydrogen-bond acceptors (Lipinski definition) is 6. The van der Waals surface area contributed by atoms with Crippen LogP contribution in [0.15, 0.2) is 39.8 Å². The summed E-state index contributed by atoms with van der Waals surface area (Å²) in [7, 11) is -1.71. The Balaban J connectivity index is 1.27. The number of carbonyl (C=O) groups is 1. The van der Waals surface area contributed by atoms with E-state index in [1.165, 1.54) is 0 Å². The van der Waals surface area contributed by atoms with Gasteiger partial charge in [0.2, 0.25) is 10.0 Å². The highest BCUT2D eigenvalue weighted by Gasteiger charge is 2.47. The highest BCUT2D eigenvalue weighted by atomic mass is 32.2. The summed E-state index contributed by atoms with van der Waals surface area (Å²) in [6, 6.07) is 8.64. The van der Waals surface area contributed by atoms with E-state index in [0.717, 1.165) is 37.0 Å². The second-order valence-corrected chi connectivity index (χ2v) is 12.0. The van der Waals surface area contributed by atoms with Crippen molar-refractivity contribution in [1.82, 2.24) is 20.1 Å². The van der Waals surface area contributed by atoms with Crippen molar-refractivity contribution in [2.75, 3.05) is 7.05 Å². The first kappa shape index (κ1) is 22.6. The second kappa shape index (κ2) is 8.21. The number of nitrogens with one attached hydrogen (secondary N) is 2. The van der Waals surface area contributed by atoms with Gasteiger partial charge < -0.3 is 15.2 Å². The lowest BCUT2D eigenvalue weighted by molar-refractivity contribution is 0.0900. The second-order valence-electron chi connectivity index (χ2n) is 10.1. The molecule has 1 amide bonds. The summed E-state index contributed by atoms with van der Waals surface area (Å²) in [4.78, 5) is 13.0. The molecule has 2 saturated heterocycles. The van der Waals surface area contributed by atoms with Crippen LogP contribution in [-0.4, -0.2) is 49.0 Å². The normalized spacial score (nSPS) is 25.8. The molecule has 2 N–H and O–H groups in total. The van der Waals surface area contributed by atoms with Gasteiger partial charge in [-0.05, 0) is 77.1 Å². The smallest absolute Gasteiger partial charge is 0.273 e. The SMILES string of the molecule is CNC(C)(C)c1ccc(S(=O)(=O)N2[C@@H]3CC[C@H]2C[C@@H](NC(=O)c2cc(C4CC4)on2)C3)cc1. The molecule has 0 spiro atoms. The zero-order chi connectivity index (χ0) is 23.4. The van der Waals surface area contributed by atoms with Crippen LogP contribution in [0.2, 0.25) is 0 Å². The van der Waals surface area contributed by atoms with Crippen molar-refractivity contribution in [2.45, 2.75) is 86.9 Å². The molecule has 1 aromatic heterocycles. The van der Waals surface area contributed by atoms with Crippen LogP contribution in [0.3, 0.4) is 0 Å². The zero-order valence-corrected chi connectivity index (χ0v) is 20.2. The van der Waals surface area contributed by atoms with Gasteiger partial charge in [0, 0.05) is 35.6 Å². The van der Waals surface area contributed by atoms with Gasteiger partial charge in [-0.15, -0.1) is 0 Å². The lowest BCUT2D eigenvalue weighted by Gasteiger charge is -2.38. The van der Waals surface area contributed by atoms with E-state index in [1.54, 1.807) is 22.5 Å². The van der Waals surface area contributed by atoms with E-state index >= 15 is 0 Å². The van der Waals surface area contributed by atoms with Crippen LogP contribution >= 0.6 is 0 Å². The number of nitrogens with zero attached hydrogens (tertiary/aromatic N) is 2. The quantitative estimate of drug-likeness (QED) is 0.642. The van der Waals surface area contributed by atoms with Gasteiger partial charge in [-0.2, -0.15) is 4.31 Å². The molecule has 0 unspecified atom stereocenters. The number of sulfonamides is 1. The van der Waals surface area contributed by atoms with E-state index in [-0.39, 0.29) is 29.6 Å². The molecule has 1 aliphatic carbocycles. The Labute approximate surface area is 195 Å². The zero-order valence-electron chi connectivity index (χ0n) is 19.4. The molecule has 2 bridgehead atoms. The van der Waals surface area contributed by atoms with Gasteiger partial charge >= 0.3 is 0 Å². The molecular formula is C24H32N4O4S. The monoisotopic (exact) mass is 472 g/mol. The third-order valence-corrected chi connectivity index (χ3v) is 9.54. The molecule has 3 heterocycles. The fourth-order valence-electron chi connectivity index (χ4n) is 5.17. The number of carbonyl (C=O) groups excluding carboxylic acids is 1. The number of aromatic nitrogens is 1. The maximum atomic E-state index is 13.5. The van der Waals surface area contributed by atoms with Crippen molar-refractivity contribution in [2.24, 2.45) is 0 Å². The van der Waals surface area contributed by atoms with Gasteiger partial charge in [0.25, 0.3) is 5.91 Å². The fraction of sp³-hybridized carbons (Fsp3) is 0.583. The van der Waals surface area contributed by atoms with Crippen LogP contribution in [0.5, 0.6) is 0 Å². The van der Waals surface area contributed by atoms with E-state index in [4.69, 9.17) is 4.52 Å². The highest BCUT2D eigenvalue weighted by molar-refractivity contribution is 7.89. The molecule has 5 rings (SSSR count). The summed E-state index contributed by atoms with van der Waals surface area (Å²) >= 11 is 0. The Bertz CT molecular complexity index is 1120. The highest BCUT2D eigenvalue weighted by Crippen LogP contribution is 2.41. The summed E-state index contributed by atoms with van der Waals surface area (Å²) in [5, 5.41) is 10.2. The van der Waals surface area contributed by atoms with Crippen LogP contribution in [0.4, 0.5) is 0 Å². The summed E-state index contributed by atoms with van der Waals surface area (Å²) in [6.07, 6.45) is 5.03. The van der Waals surface area contributed by atoms with Gasteiger partial charge in [0.05, 0.1) is 4.90 Å². The van der Waals surface area contributed by atoms with Gasteiger partial charge in [-0.3, -0.25) is 4.79 Å². The number of amides is 1. The maximum absolute atomic E-state index is 13.5. The van der Waals surface area contributed by atoms with Crippen LogP contribution in [-0.2, 0) is 15.6 Å². The van der Waals surface area contributed by atoms with E-state index in [1.807, 2.05) is 19.2 Å². The van der Waals surface area contributed by atoms with Crippen molar-refractivity contribution in [1.29, 1.82) is 0 Å². The van der Waals surface area contributed by atoms with Gasteiger partial charge in [0.1, 0.15) is 5.76 Å². The van der Waals surface area contributed by atoms with Crippen LogP contribution in [0.25, 0.3) is 0 Å². The minimum atomic E-state index is -3.60. The van der Waals surface area contributed by atoms with Crippen molar-refractivity contribution in [3.05, 3.63) is 47.3 Å². The predicted octanol–water partition coefficient (Wildman–Crippen LogP) is 3.12. The van der Waals surface area contributed by atoms with Crippen molar-refractivity contribution < 1.29 is 17.7 Å². The number of rotatable bonds is 7. The van der Waals surface area contributed by atoms with E-state index < -0.39 is 10.0 Å². The summed E-state index contributed by atoms with van der Waals surface area (Å²) in [5.41, 5.74) is 1.11. The standard InChI is InChI=1S/C24H32N4O4S/c1-24(2,25-3)16-6-10-20(11-7-16)33(30,31)28-18-8-9-19(28)13-17(12-18)26-23(29)21-14-22(32-27-21)15-4-5-15/h6-7,10-11,14-15,17-19,25H,4-5,8-9,12-13H2,1-3H3,(H,26,29)/t17-,18+,19-. The third-order valence-electron chi connectivity index (χ3n) is 7.52. The maximum Gasteiger partial charge on any atom is 0.273 e. The predicted molar refractivity (Wildman–Crippen MR) is 123 cm³/mol. The largest absolute Gasteiger partial charge is 0.360 e. The molecular weight excluding hydrogens is 440 g/mol. The number of benzene rings is 1. The van der Waals surface area contributed by atoms with Crippen molar-refractivity contribution in [3.8, 4) is 0 Å². The minimum Gasteiger partial charge on any atom is -0.360 e. The molecule has 178 valence electrons. The summed E-state index contributed by atoms with van der Waals surface area (Å²) in [6.45, 7) is 4.11. The Morgan fingerprint density at radius 2 is 1.73 bits per heavy atom. The van der Waals surface area contributed by atoms with E-state index in [0.29, 0.717) is 29.3 Å². The van der Waals surface area contributed by atoms with Crippen molar-refractivity contribution in [3.63, 3.8) is 0 Å². The van der Waals surface area contributed by atoms with Crippen LogP contribution < -0.4 is 10.6 Å². The molecule has 3 atom stereocenters. The topological polar surface area (TPSA) is 105 Å². The first-order valence-electron chi connectivity index (χ1n) is 11.8. The molecule has 0 radical (unpaired) electrons. The van der Waals surface area contributed by atoms with Crippen LogP contribution in [0.1, 0.15) is 80.1 Å². The molecule has 1 aromatic carbocycles. The minimum absolute atomic E-state index is 0.0682. The first-order valence-corrected chi connectivity index (χ1v) is 13.2. The average molecular weight is 473 g/mol. The number of piperidine rings is 1. The third kappa shape index (κ3) is 4.22. The lowest BCUT2D eigenvalue weighted by Crippen LogP contribution is -2.52. The Hall–Kier alpha value is -2.23. The number of fused-ring (bicyclic) bond motifs is 2. The molecule has 3 aliphatic rings. The summed E-state index contributed by atoms with van der Waals surface area (Å²) in [5.74, 6) is 0.945. The number of hydrogen-bond donors (Lipinski definition) is 2. The van der Waals surface area contributed by atoms with E-state index in [9.17, 15) is 13.2 Å². The molecule has 2 aliphatic heterocycles. The van der Waals surface area contributed by atoms with E-state index in [2.05, 4.69) is 29.6 Å². The Morgan fingerprint density at radius 3 is 2.30 bits per heavy atom. The molecule has 2 aromatic rings. The summed E-state index contributed by atoms with van der Waals surface area (Å²) < 4.78 is 34.0. The fourth-order valence-corrected chi connectivity index (χ4v) is 7.06. The molecule has 3 fully saturated rings. The van der Waals surface area contributed by atoms with Gasteiger partial charge in [-0.1, -0.05) is 17.3 Å². The van der Waals surface area contributed by atoms with Crippen LogP contribution in [0, 0.1) is 0 Å². The molecule has 9 heteroatoms. The lowest BCUT2D eigenvalue weighted by atomic mass is 9.95. The molecule has 33 heavy (non-hydrogen) atoms. The van der Waals surface area contributed by atoms with Gasteiger partial charge in [0.15, 0.2) is 5.69 Å². The first-order chi connectivity index (χ1) is 15.7. The molecule has 8 nitrogen and oxygen atoms in total. The Kier molecular flexibility index (Phi) is 5.61.